The molecule has 1 aromatic rings. The fourth-order valence-electron chi connectivity index (χ4n) is 5.89. The minimum atomic E-state index is 0.757. The molecule has 0 heterocycles. The topological polar surface area (TPSA) is 0 Å². The maximum absolute atomic E-state index is 3.32. The summed E-state index contributed by atoms with van der Waals surface area (Å²) in [6, 6.07) is 8.87. The summed E-state index contributed by atoms with van der Waals surface area (Å²) in [7, 11) is 0. The third kappa shape index (κ3) is 8.52. The Kier molecular flexibility index (Phi) is 10.8. The molecule has 0 heteroatoms. The second-order valence-electron chi connectivity index (χ2n) is 10.4. The number of allylic oxidation sites excluding steroid dienone is 2. The van der Waals surface area contributed by atoms with E-state index >= 15 is 0 Å². The van der Waals surface area contributed by atoms with Crippen LogP contribution in [-0.2, 0) is 6.42 Å². The second kappa shape index (κ2) is 13.8. The van der Waals surface area contributed by atoms with Gasteiger partial charge in [-0.1, -0.05) is 88.8 Å². The molecule has 1 aromatic carbocycles. The van der Waals surface area contributed by atoms with Gasteiger partial charge in [0.05, 0.1) is 0 Å². The van der Waals surface area contributed by atoms with Gasteiger partial charge >= 0.3 is 0 Å². The molecule has 2 fully saturated rings. The molecule has 3 rings (SSSR count). The van der Waals surface area contributed by atoms with E-state index in [4.69, 9.17) is 0 Å². The predicted molar refractivity (Wildman–Crippen MR) is 136 cm³/mol. The van der Waals surface area contributed by atoms with Gasteiger partial charge < -0.3 is 0 Å². The van der Waals surface area contributed by atoms with Crippen LogP contribution >= 0.6 is 0 Å². The van der Waals surface area contributed by atoms with E-state index in [1.165, 1.54) is 102 Å². The minimum absolute atomic E-state index is 0.757. The summed E-state index contributed by atoms with van der Waals surface area (Å²) < 4.78 is 0. The molecule has 0 nitrogen and oxygen atoms in total. The molecule has 0 unspecified atom stereocenters. The van der Waals surface area contributed by atoms with Crippen LogP contribution in [0, 0.1) is 35.5 Å². The van der Waals surface area contributed by atoms with Crippen molar-refractivity contribution in [1.82, 2.24) is 0 Å². The van der Waals surface area contributed by atoms with Crippen molar-refractivity contribution in [1.29, 1.82) is 0 Å². The van der Waals surface area contributed by atoms with Gasteiger partial charge in [0.1, 0.15) is 0 Å². The van der Waals surface area contributed by atoms with Crippen LogP contribution in [0.25, 0.3) is 0 Å². The van der Waals surface area contributed by atoms with Gasteiger partial charge in [0.25, 0.3) is 0 Å². The van der Waals surface area contributed by atoms with Crippen molar-refractivity contribution in [2.45, 2.75) is 110 Å². The molecule has 0 atom stereocenters. The van der Waals surface area contributed by atoms with Gasteiger partial charge in [-0.3, -0.25) is 0 Å². The average molecular weight is 419 g/mol. The van der Waals surface area contributed by atoms with Crippen LogP contribution in [0.5, 0.6) is 0 Å². The molecule has 2 aliphatic rings. The molecular weight excluding hydrogens is 372 g/mol. The summed E-state index contributed by atoms with van der Waals surface area (Å²) in [6.07, 6.45) is 25.7. The van der Waals surface area contributed by atoms with Crippen LogP contribution in [0.15, 0.2) is 36.4 Å². The highest BCUT2D eigenvalue weighted by Crippen LogP contribution is 2.42. The van der Waals surface area contributed by atoms with E-state index in [1.807, 2.05) is 0 Å². The first kappa shape index (κ1) is 24.2. The van der Waals surface area contributed by atoms with Crippen molar-refractivity contribution in [2.24, 2.45) is 23.7 Å². The Labute approximate surface area is 193 Å². The van der Waals surface area contributed by atoms with Crippen molar-refractivity contribution < 1.29 is 0 Å². The first-order valence-electron chi connectivity index (χ1n) is 13.6. The summed E-state index contributed by atoms with van der Waals surface area (Å²) in [5, 5.41) is 0. The zero-order chi connectivity index (χ0) is 21.7. The summed E-state index contributed by atoms with van der Waals surface area (Å²) in [6.45, 7) is 4.59. The first-order valence-corrected chi connectivity index (χ1v) is 13.6. The molecule has 0 aromatic heterocycles. The smallest absolute Gasteiger partial charge is 0.0249 e. The Balaban J connectivity index is 1.35. The fraction of sp³-hybridized carbons (Fsp3) is 0.677. The van der Waals surface area contributed by atoms with Gasteiger partial charge in [0.2, 0.25) is 0 Å². The number of rotatable bonds is 9. The van der Waals surface area contributed by atoms with Gasteiger partial charge in [0, 0.05) is 5.56 Å². The molecule has 0 aliphatic heterocycles. The summed E-state index contributed by atoms with van der Waals surface area (Å²) in [5.41, 5.74) is 2.59. The molecular formula is C31H46. The van der Waals surface area contributed by atoms with Crippen molar-refractivity contribution in [3.8, 4) is 11.8 Å². The molecule has 0 radical (unpaired) electrons. The van der Waals surface area contributed by atoms with Crippen LogP contribution in [0.2, 0.25) is 0 Å². The molecule has 0 bridgehead atoms. The van der Waals surface area contributed by atoms with Crippen LogP contribution in [0.1, 0.15) is 115 Å². The SMILES string of the molecule is CCCCCc1ccc(C#C/C=C/C2CCC([C@H]3CC[C@H](CCCC)CC3)CC2)cc1. The van der Waals surface area contributed by atoms with Gasteiger partial charge in [-0.15, -0.1) is 0 Å². The molecule has 0 spiro atoms. The quantitative estimate of drug-likeness (QED) is 0.277. The van der Waals surface area contributed by atoms with Crippen molar-refractivity contribution in [3.05, 3.63) is 47.5 Å². The highest BCUT2D eigenvalue weighted by molar-refractivity contribution is 5.38. The van der Waals surface area contributed by atoms with Crippen molar-refractivity contribution in [3.63, 3.8) is 0 Å². The number of unbranched alkanes of at least 4 members (excludes halogenated alkanes) is 3. The standard InChI is InChI=1S/C31H46/c1-3-5-7-11-27-14-16-28(17-15-27)12-8-9-13-29-20-24-31(25-21-29)30-22-18-26(19-23-30)10-6-4-2/h9,13-17,26,29-31H,3-7,10-11,18-25H2,1-2H3/b13-9+/t26-,29?,30-,31?. The average Bonchev–Trinajstić information content (AvgIpc) is 2.82. The lowest BCUT2D eigenvalue weighted by Crippen LogP contribution is -2.25. The lowest BCUT2D eigenvalue weighted by Gasteiger charge is -2.37. The van der Waals surface area contributed by atoms with E-state index in [9.17, 15) is 0 Å². The lowest BCUT2D eigenvalue weighted by atomic mass is 9.68. The number of aryl methyl sites for hydroxylation is 1. The molecule has 0 saturated heterocycles. The first-order chi connectivity index (χ1) is 15.3. The van der Waals surface area contributed by atoms with Gasteiger partial charge in [-0.05, 0) is 98.8 Å². The number of hydrogen-bond acceptors (Lipinski definition) is 0. The molecule has 2 saturated carbocycles. The van der Waals surface area contributed by atoms with Crippen LogP contribution in [-0.4, -0.2) is 0 Å². The largest absolute Gasteiger partial charge is 0.0730 e. The maximum atomic E-state index is 3.32. The Morgan fingerprint density at radius 3 is 2.06 bits per heavy atom. The van der Waals surface area contributed by atoms with E-state index in [-0.39, 0.29) is 0 Å². The molecule has 2 aliphatic carbocycles. The van der Waals surface area contributed by atoms with E-state index in [2.05, 4.69) is 62.1 Å². The van der Waals surface area contributed by atoms with Gasteiger partial charge in [0.15, 0.2) is 0 Å². The Hall–Kier alpha value is -1.48. The fourth-order valence-corrected chi connectivity index (χ4v) is 5.89. The predicted octanol–water partition coefficient (Wildman–Crippen LogP) is 9.13. The van der Waals surface area contributed by atoms with E-state index in [0.29, 0.717) is 0 Å². The highest BCUT2D eigenvalue weighted by atomic mass is 14.4. The zero-order valence-corrected chi connectivity index (χ0v) is 20.4. The number of benzene rings is 1. The van der Waals surface area contributed by atoms with Crippen molar-refractivity contribution >= 4 is 0 Å². The second-order valence-corrected chi connectivity index (χ2v) is 10.4. The van der Waals surface area contributed by atoms with Crippen LogP contribution in [0.4, 0.5) is 0 Å². The lowest BCUT2D eigenvalue weighted by molar-refractivity contribution is 0.152. The maximum Gasteiger partial charge on any atom is 0.0249 e. The Bertz CT molecular complexity index is 682. The normalized spacial score (nSPS) is 26.5. The molecule has 170 valence electrons. The third-order valence-corrected chi connectivity index (χ3v) is 8.03. The minimum Gasteiger partial charge on any atom is -0.0730 e. The van der Waals surface area contributed by atoms with E-state index in [1.54, 1.807) is 0 Å². The van der Waals surface area contributed by atoms with Crippen molar-refractivity contribution in [2.75, 3.05) is 0 Å². The van der Waals surface area contributed by atoms with E-state index < -0.39 is 0 Å². The van der Waals surface area contributed by atoms with E-state index in [0.717, 1.165) is 29.2 Å². The Morgan fingerprint density at radius 2 is 1.42 bits per heavy atom. The molecule has 0 N–H and O–H groups in total. The molecule has 31 heavy (non-hydrogen) atoms. The van der Waals surface area contributed by atoms with Crippen LogP contribution < -0.4 is 0 Å². The summed E-state index contributed by atoms with van der Waals surface area (Å²) >= 11 is 0. The Morgan fingerprint density at radius 1 is 0.774 bits per heavy atom. The van der Waals surface area contributed by atoms with Crippen LogP contribution in [0.3, 0.4) is 0 Å². The summed E-state index contributed by atoms with van der Waals surface area (Å²) in [4.78, 5) is 0. The van der Waals surface area contributed by atoms with Gasteiger partial charge in [-0.25, -0.2) is 0 Å². The zero-order valence-electron chi connectivity index (χ0n) is 20.4. The summed E-state index contributed by atoms with van der Waals surface area (Å²) in [5.74, 6) is 10.5. The monoisotopic (exact) mass is 418 g/mol. The number of hydrogen-bond donors (Lipinski definition) is 0. The molecule has 0 amide bonds. The van der Waals surface area contributed by atoms with Gasteiger partial charge in [-0.2, -0.15) is 0 Å². The highest BCUT2D eigenvalue weighted by Gasteiger charge is 2.30. The third-order valence-electron chi connectivity index (χ3n) is 8.03.